The lowest BCUT2D eigenvalue weighted by Gasteiger charge is -1.98. The molecule has 0 N–H and O–H groups in total. The zero-order chi connectivity index (χ0) is 9.14. The Labute approximate surface area is 89.9 Å². The highest BCUT2D eigenvalue weighted by Gasteiger charge is 2.02. The molecule has 1 aromatic rings. The minimum atomic E-state index is -0.0980. The molecule has 0 saturated carbocycles. The van der Waals surface area contributed by atoms with Crippen LogP contribution in [0.25, 0.3) is 0 Å². The summed E-state index contributed by atoms with van der Waals surface area (Å²) >= 11 is 22.2. The molecule has 0 radical (unpaired) electrons. The Kier molecular flexibility index (Phi) is 3.66. The summed E-state index contributed by atoms with van der Waals surface area (Å²) in [4.78, 5) is 3.75. The van der Waals surface area contributed by atoms with E-state index in [0.717, 1.165) is 0 Å². The minimum Gasteiger partial charge on any atom is -0.224 e. The van der Waals surface area contributed by atoms with E-state index in [1.165, 1.54) is 0 Å². The first kappa shape index (κ1) is 10.1. The Balaban J connectivity index is 3.17. The molecule has 1 nitrogen and oxygen atoms in total. The van der Waals surface area contributed by atoms with Crippen LogP contribution in [0.1, 0.15) is 0 Å². The van der Waals surface area contributed by atoms with Gasteiger partial charge in [-0.05, 0) is 35.3 Å². The molecule has 0 saturated heterocycles. The molecular formula is C7H3Cl4N. The lowest BCUT2D eigenvalue weighted by atomic mass is 10.3. The molecule has 0 aromatic heterocycles. The van der Waals surface area contributed by atoms with Crippen LogP contribution in [0.3, 0.4) is 0 Å². The van der Waals surface area contributed by atoms with Crippen molar-refractivity contribution in [1.82, 2.24) is 0 Å². The van der Waals surface area contributed by atoms with Gasteiger partial charge < -0.3 is 0 Å². The number of nitrogens with zero attached hydrogens (tertiary/aromatic N) is 1. The summed E-state index contributed by atoms with van der Waals surface area (Å²) in [5, 5.41) is 0.769. The highest BCUT2D eigenvalue weighted by Crippen LogP contribution is 2.32. The molecule has 0 unspecified atom stereocenters. The first-order valence-electron chi connectivity index (χ1n) is 2.95. The lowest BCUT2D eigenvalue weighted by molar-refractivity contribution is 1.54. The second-order valence-electron chi connectivity index (χ2n) is 1.93. The van der Waals surface area contributed by atoms with Crippen molar-refractivity contribution < 1.29 is 0 Å². The van der Waals surface area contributed by atoms with E-state index < -0.39 is 0 Å². The SMILES string of the molecule is ClC(Cl)=Nc1cccc(Cl)c1Cl. The van der Waals surface area contributed by atoms with Gasteiger partial charge in [0.2, 0.25) is 0 Å². The van der Waals surface area contributed by atoms with E-state index in [1.54, 1.807) is 18.2 Å². The average Bonchev–Trinajstić information content (AvgIpc) is 1.98. The van der Waals surface area contributed by atoms with Crippen molar-refractivity contribution in [3.05, 3.63) is 28.2 Å². The fraction of sp³-hybridized carbons (Fsp3) is 0. The van der Waals surface area contributed by atoms with Gasteiger partial charge in [-0.1, -0.05) is 29.3 Å². The molecule has 1 rings (SSSR count). The van der Waals surface area contributed by atoms with Gasteiger partial charge >= 0.3 is 0 Å². The summed E-state index contributed by atoms with van der Waals surface area (Å²) < 4.78 is -0.0980. The fourth-order valence-electron chi connectivity index (χ4n) is 0.670. The molecule has 0 aliphatic heterocycles. The molecule has 0 amide bonds. The molecule has 0 aliphatic carbocycles. The first-order chi connectivity index (χ1) is 5.61. The topological polar surface area (TPSA) is 12.4 Å². The molecule has 0 spiro atoms. The molecule has 0 atom stereocenters. The van der Waals surface area contributed by atoms with Crippen molar-refractivity contribution in [3.8, 4) is 0 Å². The maximum atomic E-state index is 5.78. The van der Waals surface area contributed by atoms with Gasteiger partial charge in [0, 0.05) is 0 Å². The van der Waals surface area contributed by atoms with E-state index >= 15 is 0 Å². The van der Waals surface area contributed by atoms with Crippen molar-refractivity contribution in [2.75, 3.05) is 0 Å². The number of hydrogen-bond acceptors (Lipinski definition) is 1. The zero-order valence-electron chi connectivity index (χ0n) is 5.69. The molecular weight excluding hydrogens is 240 g/mol. The molecule has 0 heterocycles. The number of halogens is 4. The summed E-state index contributed by atoms with van der Waals surface area (Å²) in [5.74, 6) is 0. The van der Waals surface area contributed by atoms with Gasteiger partial charge in [-0.15, -0.1) is 0 Å². The molecule has 0 aliphatic rings. The Morgan fingerprint density at radius 1 is 1.17 bits per heavy atom. The van der Waals surface area contributed by atoms with Gasteiger partial charge in [-0.25, -0.2) is 4.99 Å². The maximum Gasteiger partial charge on any atom is 0.197 e. The largest absolute Gasteiger partial charge is 0.224 e. The second-order valence-corrected chi connectivity index (χ2v) is 3.62. The zero-order valence-corrected chi connectivity index (χ0v) is 8.71. The fourth-order valence-corrected chi connectivity index (χ4v) is 1.19. The van der Waals surface area contributed by atoms with Crippen LogP contribution in [-0.2, 0) is 0 Å². The van der Waals surface area contributed by atoms with Crippen molar-refractivity contribution in [2.24, 2.45) is 4.99 Å². The van der Waals surface area contributed by atoms with Crippen molar-refractivity contribution in [3.63, 3.8) is 0 Å². The number of rotatable bonds is 1. The summed E-state index contributed by atoms with van der Waals surface area (Å²) in [6.45, 7) is 0. The predicted octanol–water partition coefficient (Wildman–Crippen LogP) is 4.46. The quantitative estimate of drug-likeness (QED) is 0.645. The molecule has 64 valence electrons. The van der Waals surface area contributed by atoms with Crippen LogP contribution in [0.4, 0.5) is 5.69 Å². The van der Waals surface area contributed by atoms with Crippen molar-refractivity contribution >= 4 is 56.7 Å². The van der Waals surface area contributed by atoms with Gasteiger partial charge in [-0.2, -0.15) is 0 Å². The van der Waals surface area contributed by atoms with E-state index in [1.807, 2.05) is 0 Å². The standard InChI is InChI=1S/C7H3Cl4N/c8-4-2-1-3-5(6(4)9)12-7(10)11/h1-3H. The van der Waals surface area contributed by atoms with Crippen LogP contribution in [0, 0.1) is 0 Å². The van der Waals surface area contributed by atoms with E-state index in [-0.39, 0.29) is 4.63 Å². The van der Waals surface area contributed by atoms with Crippen molar-refractivity contribution in [2.45, 2.75) is 0 Å². The van der Waals surface area contributed by atoms with Crippen LogP contribution in [0.2, 0.25) is 10.0 Å². The van der Waals surface area contributed by atoms with Gasteiger partial charge in [0.1, 0.15) is 0 Å². The Bertz CT molecular complexity index is 317. The maximum absolute atomic E-state index is 5.78. The Morgan fingerprint density at radius 3 is 2.42 bits per heavy atom. The van der Waals surface area contributed by atoms with Crippen LogP contribution < -0.4 is 0 Å². The third-order valence-electron chi connectivity index (χ3n) is 1.14. The van der Waals surface area contributed by atoms with Crippen LogP contribution in [0.5, 0.6) is 0 Å². The smallest absolute Gasteiger partial charge is 0.197 e. The number of aliphatic imine (C=N–C) groups is 1. The normalized spacial score (nSPS) is 9.67. The van der Waals surface area contributed by atoms with Crippen molar-refractivity contribution in [1.29, 1.82) is 0 Å². The molecule has 0 bridgehead atoms. The lowest BCUT2D eigenvalue weighted by Crippen LogP contribution is -1.73. The van der Waals surface area contributed by atoms with Gasteiger partial charge in [-0.3, -0.25) is 0 Å². The van der Waals surface area contributed by atoms with Gasteiger partial charge in [0.25, 0.3) is 0 Å². The Morgan fingerprint density at radius 2 is 1.83 bits per heavy atom. The first-order valence-corrected chi connectivity index (χ1v) is 4.46. The highest BCUT2D eigenvalue weighted by atomic mass is 35.5. The highest BCUT2D eigenvalue weighted by molar-refractivity contribution is 6.95. The third-order valence-corrected chi connectivity index (χ3v) is 2.11. The third kappa shape index (κ3) is 2.53. The van der Waals surface area contributed by atoms with Gasteiger partial charge in [0.05, 0.1) is 15.7 Å². The average molecular weight is 243 g/mol. The molecule has 12 heavy (non-hydrogen) atoms. The van der Waals surface area contributed by atoms with Gasteiger partial charge in [0.15, 0.2) is 4.63 Å². The van der Waals surface area contributed by atoms with Crippen LogP contribution in [0.15, 0.2) is 23.2 Å². The molecule has 5 heteroatoms. The van der Waals surface area contributed by atoms with Crippen LogP contribution in [-0.4, -0.2) is 4.63 Å². The van der Waals surface area contributed by atoms with E-state index in [2.05, 4.69) is 4.99 Å². The van der Waals surface area contributed by atoms with E-state index in [0.29, 0.717) is 15.7 Å². The summed E-state index contributed by atoms with van der Waals surface area (Å²) in [6.07, 6.45) is 0. The summed E-state index contributed by atoms with van der Waals surface area (Å²) in [6, 6.07) is 5.04. The summed E-state index contributed by atoms with van der Waals surface area (Å²) in [7, 11) is 0. The minimum absolute atomic E-state index is 0.0980. The predicted molar refractivity (Wildman–Crippen MR) is 55.3 cm³/mol. The summed E-state index contributed by atoms with van der Waals surface area (Å²) in [5.41, 5.74) is 0.462. The van der Waals surface area contributed by atoms with E-state index in [4.69, 9.17) is 46.4 Å². The molecule has 1 aromatic carbocycles. The van der Waals surface area contributed by atoms with Crippen LogP contribution >= 0.6 is 46.4 Å². The number of hydrogen-bond donors (Lipinski definition) is 0. The second kappa shape index (κ2) is 4.33. The molecule has 0 fully saturated rings. The number of benzene rings is 1. The Hall–Kier alpha value is 0.0500. The van der Waals surface area contributed by atoms with E-state index in [9.17, 15) is 0 Å². The monoisotopic (exact) mass is 241 g/mol.